The Hall–Kier alpha value is -2.22. The van der Waals surface area contributed by atoms with Crippen LogP contribution in [0, 0.1) is 0 Å². The maximum Gasteiger partial charge on any atom is 0.416 e. The predicted octanol–water partition coefficient (Wildman–Crippen LogP) is 1.95. The zero-order valence-corrected chi connectivity index (χ0v) is 11.2. The Morgan fingerprint density at radius 1 is 1.19 bits per heavy atom. The fourth-order valence-corrected chi connectivity index (χ4v) is 2.03. The third-order valence-corrected chi connectivity index (χ3v) is 3.10. The van der Waals surface area contributed by atoms with Gasteiger partial charge >= 0.3 is 6.18 Å². The third kappa shape index (κ3) is 3.10. The van der Waals surface area contributed by atoms with Crippen LogP contribution in [0.25, 0.3) is 5.69 Å². The lowest BCUT2D eigenvalue weighted by atomic mass is 10.1. The molecule has 0 spiro atoms. The van der Waals surface area contributed by atoms with E-state index in [0.29, 0.717) is 24.9 Å². The minimum Gasteiger partial charge on any atom is -0.383 e. The van der Waals surface area contributed by atoms with Crippen molar-refractivity contribution in [3.05, 3.63) is 35.4 Å². The first-order valence-corrected chi connectivity index (χ1v) is 6.35. The van der Waals surface area contributed by atoms with Crippen molar-refractivity contribution in [2.75, 3.05) is 18.0 Å². The molecule has 0 saturated heterocycles. The molecular weight excluding hydrogens is 283 g/mol. The summed E-state index contributed by atoms with van der Waals surface area (Å²) in [6, 6.07) is 4.76. The highest BCUT2D eigenvalue weighted by atomic mass is 19.4. The maximum absolute atomic E-state index is 12.7. The summed E-state index contributed by atoms with van der Waals surface area (Å²) in [6.07, 6.45) is -3.22. The molecule has 2 aromatic rings. The number of anilines is 2. The Morgan fingerprint density at radius 3 is 2.52 bits per heavy atom. The molecule has 0 aliphatic heterocycles. The van der Waals surface area contributed by atoms with Crippen LogP contribution in [-0.2, 0) is 12.6 Å². The maximum atomic E-state index is 12.7. The van der Waals surface area contributed by atoms with E-state index in [9.17, 15) is 13.2 Å². The van der Waals surface area contributed by atoms with Crippen molar-refractivity contribution in [1.29, 1.82) is 0 Å². The van der Waals surface area contributed by atoms with Gasteiger partial charge in [0.2, 0.25) is 0 Å². The second kappa shape index (κ2) is 5.65. The number of nitrogen functional groups attached to an aromatic ring is 2. The predicted molar refractivity (Wildman–Crippen MR) is 74.8 cm³/mol. The van der Waals surface area contributed by atoms with Crippen LogP contribution >= 0.6 is 0 Å². The second-order valence-electron chi connectivity index (χ2n) is 4.60. The molecule has 0 bridgehead atoms. The molecule has 0 radical (unpaired) electrons. The van der Waals surface area contributed by atoms with E-state index in [2.05, 4.69) is 5.10 Å². The molecular formula is C13H16F3N5. The summed E-state index contributed by atoms with van der Waals surface area (Å²) in [5.41, 5.74) is 17.2. The SMILES string of the molecule is NCCCc1c(N)nn(-c2cccc(C(F)(F)F)c2)c1N. The number of aromatic nitrogens is 2. The van der Waals surface area contributed by atoms with Gasteiger partial charge in [0.15, 0.2) is 5.82 Å². The van der Waals surface area contributed by atoms with E-state index in [0.717, 1.165) is 12.1 Å². The van der Waals surface area contributed by atoms with Crippen molar-refractivity contribution in [3.8, 4) is 5.69 Å². The van der Waals surface area contributed by atoms with Crippen LogP contribution in [0.1, 0.15) is 17.5 Å². The van der Waals surface area contributed by atoms with E-state index in [1.54, 1.807) is 0 Å². The Kier molecular flexibility index (Phi) is 4.08. The molecule has 0 aliphatic rings. The second-order valence-corrected chi connectivity index (χ2v) is 4.60. The normalized spacial score (nSPS) is 11.8. The van der Waals surface area contributed by atoms with Crippen LogP contribution in [-0.4, -0.2) is 16.3 Å². The molecule has 0 fully saturated rings. The van der Waals surface area contributed by atoms with Crippen LogP contribution in [0.3, 0.4) is 0 Å². The molecule has 1 heterocycles. The topological polar surface area (TPSA) is 95.9 Å². The summed E-state index contributed by atoms with van der Waals surface area (Å²) < 4.78 is 39.4. The molecule has 5 nitrogen and oxygen atoms in total. The fraction of sp³-hybridized carbons (Fsp3) is 0.308. The van der Waals surface area contributed by atoms with Crippen LogP contribution in [0.2, 0.25) is 0 Å². The van der Waals surface area contributed by atoms with E-state index in [1.807, 2.05) is 0 Å². The van der Waals surface area contributed by atoms with Gasteiger partial charge in [-0.15, -0.1) is 5.10 Å². The van der Waals surface area contributed by atoms with Gasteiger partial charge < -0.3 is 17.2 Å². The molecule has 114 valence electrons. The summed E-state index contributed by atoms with van der Waals surface area (Å²) in [4.78, 5) is 0. The molecule has 1 aromatic carbocycles. The fourth-order valence-electron chi connectivity index (χ4n) is 2.03. The first-order valence-electron chi connectivity index (χ1n) is 6.35. The van der Waals surface area contributed by atoms with Gasteiger partial charge in [0.05, 0.1) is 11.3 Å². The van der Waals surface area contributed by atoms with Gasteiger partial charge in [0.25, 0.3) is 0 Å². The highest BCUT2D eigenvalue weighted by molar-refractivity contribution is 5.58. The molecule has 6 N–H and O–H groups in total. The molecule has 0 amide bonds. The molecule has 8 heteroatoms. The first kappa shape index (κ1) is 15.2. The molecule has 0 unspecified atom stereocenters. The molecule has 0 atom stereocenters. The van der Waals surface area contributed by atoms with Crippen molar-refractivity contribution in [1.82, 2.24) is 9.78 Å². The first-order chi connectivity index (χ1) is 9.84. The number of nitrogens with zero attached hydrogens (tertiary/aromatic N) is 2. The van der Waals surface area contributed by atoms with Gasteiger partial charge in [-0.3, -0.25) is 0 Å². The zero-order chi connectivity index (χ0) is 15.6. The molecule has 1 aromatic heterocycles. The van der Waals surface area contributed by atoms with Gasteiger partial charge in [-0.05, 0) is 37.6 Å². The summed E-state index contributed by atoms with van der Waals surface area (Å²) in [5.74, 6) is 0.443. The van der Waals surface area contributed by atoms with Gasteiger partial charge in [-0.25, -0.2) is 4.68 Å². The minimum atomic E-state index is -4.42. The lowest BCUT2D eigenvalue weighted by Crippen LogP contribution is -2.08. The lowest BCUT2D eigenvalue weighted by molar-refractivity contribution is -0.137. The quantitative estimate of drug-likeness (QED) is 0.804. The highest BCUT2D eigenvalue weighted by Crippen LogP contribution is 2.31. The van der Waals surface area contributed by atoms with E-state index in [1.165, 1.54) is 16.8 Å². The van der Waals surface area contributed by atoms with Crippen molar-refractivity contribution >= 4 is 11.6 Å². The van der Waals surface area contributed by atoms with Gasteiger partial charge in [-0.2, -0.15) is 13.2 Å². The molecule has 0 saturated carbocycles. The number of nitrogens with two attached hydrogens (primary N) is 3. The van der Waals surface area contributed by atoms with Crippen LogP contribution < -0.4 is 17.2 Å². The summed E-state index contributed by atoms with van der Waals surface area (Å²) in [6.45, 7) is 0.466. The van der Waals surface area contributed by atoms with Crippen LogP contribution in [0.5, 0.6) is 0 Å². The van der Waals surface area contributed by atoms with E-state index >= 15 is 0 Å². The van der Waals surface area contributed by atoms with E-state index in [-0.39, 0.29) is 17.3 Å². The highest BCUT2D eigenvalue weighted by Gasteiger charge is 2.30. The Bertz CT molecular complexity index is 633. The number of halogens is 3. The average molecular weight is 299 g/mol. The Balaban J connectivity index is 2.43. The van der Waals surface area contributed by atoms with Crippen molar-refractivity contribution in [2.24, 2.45) is 5.73 Å². The van der Waals surface area contributed by atoms with E-state index < -0.39 is 11.7 Å². The van der Waals surface area contributed by atoms with Crippen molar-refractivity contribution in [3.63, 3.8) is 0 Å². The molecule has 0 aliphatic carbocycles. The molecule has 2 rings (SSSR count). The van der Waals surface area contributed by atoms with Gasteiger partial charge in [-0.1, -0.05) is 6.07 Å². The average Bonchev–Trinajstić information content (AvgIpc) is 2.71. The monoisotopic (exact) mass is 299 g/mol. The summed E-state index contributed by atoms with van der Waals surface area (Å²) in [5, 5.41) is 4.02. The number of hydrogen-bond donors (Lipinski definition) is 3. The smallest absolute Gasteiger partial charge is 0.383 e. The Labute approximate surface area is 119 Å². The van der Waals surface area contributed by atoms with E-state index in [4.69, 9.17) is 17.2 Å². The number of hydrogen-bond acceptors (Lipinski definition) is 4. The van der Waals surface area contributed by atoms with Crippen molar-refractivity contribution in [2.45, 2.75) is 19.0 Å². The zero-order valence-electron chi connectivity index (χ0n) is 11.2. The van der Waals surface area contributed by atoms with Crippen LogP contribution in [0.4, 0.5) is 24.8 Å². The van der Waals surface area contributed by atoms with Crippen molar-refractivity contribution < 1.29 is 13.2 Å². The van der Waals surface area contributed by atoms with Gasteiger partial charge in [0.1, 0.15) is 5.82 Å². The van der Waals surface area contributed by atoms with Gasteiger partial charge in [0, 0.05) is 5.56 Å². The minimum absolute atomic E-state index is 0.207. The largest absolute Gasteiger partial charge is 0.416 e. The number of alkyl halides is 3. The summed E-state index contributed by atoms with van der Waals surface area (Å²) >= 11 is 0. The van der Waals surface area contributed by atoms with Crippen LogP contribution in [0.15, 0.2) is 24.3 Å². The Morgan fingerprint density at radius 2 is 1.90 bits per heavy atom. The summed E-state index contributed by atoms with van der Waals surface area (Å²) in [7, 11) is 0. The third-order valence-electron chi connectivity index (χ3n) is 3.10. The number of benzene rings is 1. The lowest BCUT2D eigenvalue weighted by Gasteiger charge is -2.09. The molecule has 21 heavy (non-hydrogen) atoms. The number of rotatable bonds is 4. The standard InChI is InChI=1S/C13H16F3N5/c14-13(15,16)8-3-1-4-9(7-8)21-12(19)10(5-2-6-17)11(18)20-21/h1,3-4,7H,2,5-6,17,19H2,(H2,18,20).